The SMILES string of the molecule is CC[C@H]1OC(=O)C[C@@H](O)[C@H](C)[C@@H](O[C@@H]2O[C@H](C)C[C@H](N(C)C)[C@H]2O)[C@@H](CCO)C[C@@H](C)C(=O)/C=C/[C@]2(C)O[C@H]2C1CO. The molecule has 3 aliphatic rings. The predicted molar refractivity (Wildman–Crippen MR) is 154 cm³/mol. The number of hydrogen-bond acceptors (Lipinski definition) is 11. The van der Waals surface area contributed by atoms with Crippen LogP contribution in [0.2, 0.25) is 0 Å². The molecule has 0 bridgehead atoms. The maximum absolute atomic E-state index is 13.2. The number of carbonyl (C=O) groups is 2. The molecule has 42 heavy (non-hydrogen) atoms. The summed E-state index contributed by atoms with van der Waals surface area (Å²) in [6, 6.07) is -0.220. The first-order chi connectivity index (χ1) is 19.8. The lowest BCUT2D eigenvalue weighted by Crippen LogP contribution is -2.56. The molecular weight excluding hydrogens is 546 g/mol. The van der Waals surface area contributed by atoms with Crippen molar-refractivity contribution in [3.8, 4) is 0 Å². The molecule has 0 aromatic carbocycles. The Labute approximate surface area is 250 Å². The molecule has 1 unspecified atom stereocenters. The van der Waals surface area contributed by atoms with Crippen molar-refractivity contribution in [1.29, 1.82) is 0 Å². The minimum atomic E-state index is -1.18. The lowest BCUT2D eigenvalue weighted by molar-refractivity contribution is -0.283. The van der Waals surface area contributed by atoms with Crippen molar-refractivity contribution < 1.29 is 49.0 Å². The monoisotopic (exact) mass is 599 g/mol. The third-order valence-corrected chi connectivity index (χ3v) is 9.40. The number of aliphatic hydroxyl groups excluding tert-OH is 4. The van der Waals surface area contributed by atoms with Crippen LogP contribution in [0, 0.1) is 23.7 Å². The molecule has 11 heteroatoms. The van der Waals surface area contributed by atoms with E-state index in [4.69, 9.17) is 18.9 Å². The molecule has 4 N–H and O–H groups in total. The molecule has 0 amide bonds. The number of allylic oxidation sites excluding steroid dienone is 1. The van der Waals surface area contributed by atoms with Crippen LogP contribution in [-0.2, 0) is 28.5 Å². The van der Waals surface area contributed by atoms with E-state index in [2.05, 4.69) is 0 Å². The summed E-state index contributed by atoms with van der Waals surface area (Å²) in [7, 11) is 3.76. The van der Waals surface area contributed by atoms with Crippen LogP contribution in [0.15, 0.2) is 12.2 Å². The highest BCUT2D eigenvalue weighted by Crippen LogP contribution is 2.45. The fourth-order valence-electron chi connectivity index (χ4n) is 6.60. The summed E-state index contributed by atoms with van der Waals surface area (Å²) in [5.41, 5.74) is -0.780. The summed E-state index contributed by atoms with van der Waals surface area (Å²) in [6.45, 7) is 8.70. The maximum Gasteiger partial charge on any atom is 0.308 e. The average Bonchev–Trinajstić information content (AvgIpc) is 3.60. The Morgan fingerprint density at radius 1 is 1.12 bits per heavy atom. The van der Waals surface area contributed by atoms with Crippen molar-refractivity contribution in [2.75, 3.05) is 27.3 Å². The molecule has 3 heterocycles. The van der Waals surface area contributed by atoms with Gasteiger partial charge in [0.1, 0.15) is 17.8 Å². The molecule has 0 saturated carbocycles. The second-order valence-corrected chi connectivity index (χ2v) is 13.0. The van der Waals surface area contributed by atoms with Gasteiger partial charge < -0.3 is 44.3 Å². The summed E-state index contributed by atoms with van der Waals surface area (Å²) in [6.07, 6.45) is -0.649. The largest absolute Gasteiger partial charge is 0.462 e. The zero-order valence-electron chi connectivity index (χ0n) is 26.2. The van der Waals surface area contributed by atoms with E-state index in [1.165, 1.54) is 6.08 Å². The van der Waals surface area contributed by atoms with Gasteiger partial charge in [-0.2, -0.15) is 0 Å². The van der Waals surface area contributed by atoms with E-state index < -0.39 is 72.1 Å². The highest BCUT2D eigenvalue weighted by Gasteiger charge is 2.56. The lowest BCUT2D eigenvalue weighted by Gasteiger charge is -2.44. The van der Waals surface area contributed by atoms with Gasteiger partial charge in [-0.05, 0) is 71.7 Å². The highest BCUT2D eigenvalue weighted by atomic mass is 16.7. The Kier molecular flexibility index (Phi) is 12.5. The molecule has 0 aromatic heterocycles. The molecule has 13 atom stereocenters. The summed E-state index contributed by atoms with van der Waals surface area (Å²) in [4.78, 5) is 28.2. The Morgan fingerprint density at radius 3 is 2.40 bits per heavy atom. The molecule has 2 fully saturated rings. The zero-order chi connectivity index (χ0) is 31.4. The van der Waals surface area contributed by atoms with Crippen LogP contribution >= 0.6 is 0 Å². The number of esters is 1. The van der Waals surface area contributed by atoms with Crippen LogP contribution < -0.4 is 0 Å². The zero-order valence-corrected chi connectivity index (χ0v) is 26.2. The van der Waals surface area contributed by atoms with Gasteiger partial charge in [-0.3, -0.25) is 9.59 Å². The first-order valence-electron chi connectivity index (χ1n) is 15.4. The molecule has 0 spiro atoms. The molecule has 3 rings (SSSR count). The number of cyclic esters (lactones) is 1. The third kappa shape index (κ3) is 8.38. The van der Waals surface area contributed by atoms with Gasteiger partial charge in [0.2, 0.25) is 0 Å². The van der Waals surface area contributed by atoms with Crippen molar-refractivity contribution in [1.82, 2.24) is 4.90 Å². The molecular formula is C31H53NO10. The van der Waals surface area contributed by atoms with Crippen LogP contribution in [0.4, 0.5) is 0 Å². The second-order valence-electron chi connectivity index (χ2n) is 13.0. The Hall–Kier alpha value is -1.44. The topological polar surface area (TPSA) is 159 Å². The normalized spacial score (nSPS) is 44.9. The Bertz CT molecular complexity index is 929. The van der Waals surface area contributed by atoms with Crippen molar-refractivity contribution >= 4 is 11.8 Å². The number of hydrogen-bond donors (Lipinski definition) is 4. The van der Waals surface area contributed by atoms with Gasteiger partial charge in [-0.15, -0.1) is 0 Å². The van der Waals surface area contributed by atoms with Crippen molar-refractivity contribution in [2.45, 2.75) is 121 Å². The van der Waals surface area contributed by atoms with Crippen molar-refractivity contribution in [3.05, 3.63) is 12.2 Å². The van der Waals surface area contributed by atoms with Gasteiger partial charge in [0.15, 0.2) is 12.1 Å². The minimum absolute atomic E-state index is 0.123. The van der Waals surface area contributed by atoms with Crippen LogP contribution in [0.1, 0.15) is 66.7 Å². The lowest BCUT2D eigenvalue weighted by atomic mass is 9.79. The number of fused-ring (bicyclic) bond motifs is 1. The highest BCUT2D eigenvalue weighted by molar-refractivity contribution is 5.91. The fraction of sp³-hybridized carbons (Fsp3) is 0.871. The Balaban J connectivity index is 1.96. The van der Waals surface area contributed by atoms with Gasteiger partial charge in [0, 0.05) is 30.4 Å². The molecule has 0 aliphatic carbocycles. The quantitative estimate of drug-likeness (QED) is 0.248. The van der Waals surface area contributed by atoms with Crippen molar-refractivity contribution in [3.63, 3.8) is 0 Å². The van der Waals surface area contributed by atoms with Gasteiger partial charge in [0.05, 0.1) is 37.4 Å². The van der Waals surface area contributed by atoms with Gasteiger partial charge in [-0.1, -0.05) is 20.8 Å². The number of ether oxygens (including phenoxy) is 4. The second kappa shape index (κ2) is 15.0. The summed E-state index contributed by atoms with van der Waals surface area (Å²) < 4.78 is 24.2. The standard InChI is InChI=1S/C31H53NO10/c1-8-25-21(16-34)29-31(5,42-29)11-9-23(35)17(2)13-20(10-12-33)28(19(4)24(36)15-26(37)40-25)41-30-27(38)22(32(6)7)14-18(3)39-30/h9,11,17-22,24-25,27-30,33-34,36,38H,8,10,12-16H2,1-7H3/b11-9+/t17-,18-,19+,20+,21?,22+,24-,25-,27-,28-,29+,30+,31+/m1/s1. The van der Waals surface area contributed by atoms with E-state index in [0.29, 0.717) is 19.3 Å². The van der Waals surface area contributed by atoms with E-state index in [-0.39, 0.29) is 44.0 Å². The van der Waals surface area contributed by atoms with Gasteiger partial charge >= 0.3 is 5.97 Å². The number of rotatable bonds is 7. The summed E-state index contributed by atoms with van der Waals surface area (Å²) >= 11 is 0. The van der Waals surface area contributed by atoms with Crippen molar-refractivity contribution in [2.24, 2.45) is 23.7 Å². The molecule has 3 aliphatic heterocycles. The average molecular weight is 600 g/mol. The number of ketones is 1. The van der Waals surface area contributed by atoms with E-state index in [1.54, 1.807) is 13.0 Å². The number of nitrogens with zero attached hydrogens (tertiary/aromatic N) is 1. The molecule has 11 nitrogen and oxygen atoms in total. The van der Waals surface area contributed by atoms with E-state index >= 15 is 0 Å². The Morgan fingerprint density at radius 2 is 1.81 bits per heavy atom. The molecule has 0 radical (unpaired) electrons. The minimum Gasteiger partial charge on any atom is -0.462 e. The van der Waals surface area contributed by atoms with E-state index in [1.807, 2.05) is 46.7 Å². The fourth-order valence-corrected chi connectivity index (χ4v) is 6.60. The molecule has 0 aromatic rings. The van der Waals surface area contributed by atoms with Crippen LogP contribution in [0.25, 0.3) is 0 Å². The van der Waals surface area contributed by atoms with Gasteiger partial charge in [-0.25, -0.2) is 0 Å². The first-order valence-corrected chi connectivity index (χ1v) is 15.4. The van der Waals surface area contributed by atoms with Crippen LogP contribution in [0.3, 0.4) is 0 Å². The number of epoxide rings is 1. The van der Waals surface area contributed by atoms with E-state index in [9.17, 15) is 30.0 Å². The summed E-state index contributed by atoms with van der Waals surface area (Å²) in [5.74, 6) is -2.72. The van der Waals surface area contributed by atoms with E-state index in [0.717, 1.165) is 0 Å². The molecule has 242 valence electrons. The smallest absolute Gasteiger partial charge is 0.308 e. The molecule has 2 saturated heterocycles. The number of aliphatic hydroxyl groups is 4. The number of carbonyl (C=O) groups excluding carboxylic acids is 2. The van der Waals surface area contributed by atoms with Crippen LogP contribution in [0.5, 0.6) is 0 Å². The summed E-state index contributed by atoms with van der Waals surface area (Å²) in [5, 5.41) is 42.6. The van der Waals surface area contributed by atoms with Gasteiger partial charge in [0.25, 0.3) is 0 Å². The third-order valence-electron chi connectivity index (χ3n) is 9.40. The predicted octanol–water partition coefficient (Wildman–Crippen LogP) is 1.44. The maximum atomic E-state index is 13.2. The first kappa shape index (κ1) is 35.0. The number of likely N-dealkylation sites (N-methyl/N-ethyl adjacent to an activating group) is 1. The van der Waals surface area contributed by atoms with Crippen LogP contribution in [-0.4, -0.2) is 119 Å².